The molecule has 0 spiro atoms. The molecule has 0 aliphatic carbocycles. The maximum absolute atomic E-state index is 13.4. The van der Waals surface area contributed by atoms with Crippen LogP contribution in [0.4, 0.5) is 0 Å². The lowest BCUT2D eigenvalue weighted by molar-refractivity contribution is -0.294. The van der Waals surface area contributed by atoms with E-state index < -0.39 is 125 Å². The standard InChI is InChI=1S/C28H24O17/c29-12-3-1-9(5-13(12)30)2-4-17(34)43-28-22(37)21(36)23-15(42-28)8-41-25(38)10-6-14(31)20(35)24-18(10)19(27(40)45-24)11(7-16(32)33)26(39)44-23/h1-6,11,15,19,21-23,28-31,35-37H,7-8H2,(H,32,33)/b4-2+/t11?,15-,19?,21-,22-,23-,28+/m1/s1. The van der Waals surface area contributed by atoms with Gasteiger partial charge in [0.05, 0.1) is 17.9 Å². The van der Waals surface area contributed by atoms with E-state index in [2.05, 4.69) is 0 Å². The van der Waals surface area contributed by atoms with Crippen LogP contribution in [0.2, 0.25) is 0 Å². The molecule has 1 fully saturated rings. The van der Waals surface area contributed by atoms with Crippen molar-refractivity contribution in [3.05, 3.63) is 47.0 Å². The first-order valence-electron chi connectivity index (χ1n) is 13.1. The second-order valence-corrected chi connectivity index (χ2v) is 10.2. The zero-order chi connectivity index (χ0) is 32.7. The summed E-state index contributed by atoms with van der Waals surface area (Å²) >= 11 is 0. The Hall–Kier alpha value is -5.39. The van der Waals surface area contributed by atoms with Crippen molar-refractivity contribution in [1.29, 1.82) is 0 Å². The molecule has 5 rings (SSSR count). The number of carbonyl (C=O) groups excluding carboxylic acids is 4. The lowest BCUT2D eigenvalue weighted by Crippen LogP contribution is -2.61. The third-order valence-corrected chi connectivity index (χ3v) is 7.28. The molecule has 17 nitrogen and oxygen atoms in total. The SMILES string of the molecule is O=C(O)CC1C(=O)O[C@H]2[C@H](O)[C@@H](O)[C@H](OC(=O)/C=C/c3ccc(O)c(O)c3)O[C@@H]2COC(=O)c2cc(O)c(O)c3c2C1C(=O)O3. The zero-order valence-corrected chi connectivity index (χ0v) is 22.6. The first kappa shape index (κ1) is 31.0. The van der Waals surface area contributed by atoms with Gasteiger partial charge in [0.1, 0.15) is 30.8 Å². The van der Waals surface area contributed by atoms with Crippen LogP contribution in [-0.4, -0.2) is 103 Å². The number of phenolic OH excluding ortho intramolecular Hbond substituents is 4. The number of benzene rings is 2. The molecule has 0 aromatic heterocycles. The fraction of sp³-hybridized carbons (Fsp3) is 0.321. The van der Waals surface area contributed by atoms with Gasteiger partial charge < -0.3 is 59.4 Å². The minimum absolute atomic E-state index is 0.267. The van der Waals surface area contributed by atoms with Gasteiger partial charge in [0.2, 0.25) is 12.0 Å². The van der Waals surface area contributed by atoms with Gasteiger partial charge in [0.15, 0.2) is 29.1 Å². The van der Waals surface area contributed by atoms with Crippen molar-refractivity contribution < 1.29 is 83.4 Å². The maximum Gasteiger partial charge on any atom is 0.338 e. The van der Waals surface area contributed by atoms with Crippen molar-refractivity contribution in [2.24, 2.45) is 5.92 Å². The monoisotopic (exact) mass is 632 g/mol. The topological polar surface area (TPSA) is 273 Å². The Balaban J connectivity index is 1.45. The van der Waals surface area contributed by atoms with Crippen molar-refractivity contribution in [2.45, 2.75) is 43.0 Å². The Bertz CT molecular complexity index is 1610. The second-order valence-electron chi connectivity index (χ2n) is 10.2. The summed E-state index contributed by atoms with van der Waals surface area (Å²) in [6.45, 7) is -0.837. The van der Waals surface area contributed by atoms with Gasteiger partial charge in [-0.2, -0.15) is 0 Å². The van der Waals surface area contributed by atoms with E-state index in [0.717, 1.165) is 24.3 Å². The molecule has 45 heavy (non-hydrogen) atoms. The number of carboxylic acid groups (broad SMARTS) is 1. The summed E-state index contributed by atoms with van der Waals surface area (Å²) in [4.78, 5) is 63.6. The van der Waals surface area contributed by atoms with E-state index in [1.807, 2.05) is 0 Å². The molecule has 2 aromatic carbocycles. The van der Waals surface area contributed by atoms with Gasteiger partial charge in [-0.3, -0.25) is 14.4 Å². The molecule has 0 bridgehead atoms. The van der Waals surface area contributed by atoms with E-state index in [-0.39, 0.29) is 5.56 Å². The van der Waals surface area contributed by atoms with Crippen LogP contribution in [0.1, 0.15) is 33.8 Å². The van der Waals surface area contributed by atoms with Crippen LogP contribution in [0.25, 0.3) is 6.08 Å². The number of esters is 4. The highest BCUT2D eigenvalue weighted by Crippen LogP contribution is 2.51. The fourth-order valence-corrected chi connectivity index (χ4v) is 5.10. The third kappa shape index (κ3) is 5.91. The molecule has 1 saturated heterocycles. The van der Waals surface area contributed by atoms with Gasteiger partial charge in [0, 0.05) is 11.6 Å². The second kappa shape index (κ2) is 11.9. The number of rotatable bonds is 5. The first-order chi connectivity index (χ1) is 21.3. The predicted molar refractivity (Wildman–Crippen MR) is 140 cm³/mol. The van der Waals surface area contributed by atoms with Gasteiger partial charge in [-0.15, -0.1) is 0 Å². The predicted octanol–water partition coefficient (Wildman–Crippen LogP) is -0.612. The summed E-state index contributed by atoms with van der Waals surface area (Å²) < 4.78 is 26.1. The zero-order valence-electron chi connectivity index (χ0n) is 22.6. The maximum atomic E-state index is 13.4. The molecule has 3 aliphatic heterocycles. The number of hydrogen-bond donors (Lipinski definition) is 7. The van der Waals surface area contributed by atoms with E-state index in [9.17, 15) is 59.7 Å². The summed E-state index contributed by atoms with van der Waals surface area (Å²) in [5.41, 5.74) is -0.748. The number of carboxylic acids is 1. The quantitative estimate of drug-likeness (QED) is 0.0711. The highest BCUT2D eigenvalue weighted by atomic mass is 16.7. The Morgan fingerprint density at radius 3 is 2.38 bits per heavy atom. The average molecular weight is 632 g/mol. The third-order valence-electron chi connectivity index (χ3n) is 7.28. The van der Waals surface area contributed by atoms with Crippen LogP contribution in [-0.2, 0) is 38.1 Å². The molecule has 7 atom stereocenters. The van der Waals surface area contributed by atoms with Gasteiger partial charge >= 0.3 is 29.8 Å². The minimum atomic E-state index is -2.07. The summed E-state index contributed by atoms with van der Waals surface area (Å²) in [6, 6.07) is 4.36. The fourth-order valence-electron chi connectivity index (χ4n) is 5.10. The van der Waals surface area contributed by atoms with Gasteiger partial charge in [0.25, 0.3) is 0 Å². The molecule has 0 saturated carbocycles. The van der Waals surface area contributed by atoms with Crippen molar-refractivity contribution in [2.75, 3.05) is 6.61 Å². The van der Waals surface area contributed by atoms with Crippen molar-refractivity contribution >= 4 is 35.9 Å². The number of cyclic esters (lactones) is 1. The number of phenols is 4. The molecule has 0 radical (unpaired) electrons. The lowest BCUT2D eigenvalue weighted by Gasteiger charge is -2.41. The molecule has 7 N–H and O–H groups in total. The molecule has 238 valence electrons. The summed E-state index contributed by atoms with van der Waals surface area (Å²) in [5.74, 6) is -13.8. The summed E-state index contributed by atoms with van der Waals surface area (Å²) in [6.07, 6.45) is -8.58. The largest absolute Gasteiger partial charge is 0.504 e. The van der Waals surface area contributed by atoms with Gasteiger partial charge in [-0.05, 0) is 29.8 Å². The van der Waals surface area contributed by atoms with E-state index in [0.29, 0.717) is 0 Å². The van der Waals surface area contributed by atoms with Crippen LogP contribution >= 0.6 is 0 Å². The normalized spacial score (nSPS) is 27.8. The number of ether oxygens (including phenoxy) is 5. The van der Waals surface area contributed by atoms with Crippen molar-refractivity contribution in [3.8, 4) is 28.7 Å². The number of aliphatic hydroxyl groups is 2. The molecule has 2 aromatic rings. The highest BCUT2D eigenvalue weighted by molar-refractivity contribution is 6.01. The molecule has 3 heterocycles. The highest BCUT2D eigenvalue weighted by Gasteiger charge is 2.53. The molecule has 17 heteroatoms. The molecular weight excluding hydrogens is 608 g/mol. The number of fused-ring (bicyclic) bond motifs is 1. The van der Waals surface area contributed by atoms with Crippen molar-refractivity contribution in [1.82, 2.24) is 0 Å². The van der Waals surface area contributed by atoms with Crippen LogP contribution in [0, 0.1) is 5.92 Å². The van der Waals surface area contributed by atoms with Crippen LogP contribution < -0.4 is 4.74 Å². The van der Waals surface area contributed by atoms with Crippen LogP contribution in [0.5, 0.6) is 28.7 Å². The molecule has 3 aliphatic rings. The van der Waals surface area contributed by atoms with E-state index in [1.54, 1.807) is 0 Å². The van der Waals surface area contributed by atoms with Gasteiger partial charge in [-0.25, -0.2) is 9.59 Å². The van der Waals surface area contributed by atoms with E-state index >= 15 is 0 Å². The average Bonchev–Trinajstić information content (AvgIpc) is 3.32. The summed E-state index contributed by atoms with van der Waals surface area (Å²) in [7, 11) is 0. The van der Waals surface area contributed by atoms with Crippen molar-refractivity contribution in [3.63, 3.8) is 0 Å². The molecule has 2 unspecified atom stereocenters. The number of hydrogen-bond acceptors (Lipinski definition) is 16. The van der Waals surface area contributed by atoms with E-state index in [1.165, 1.54) is 12.1 Å². The Morgan fingerprint density at radius 2 is 1.69 bits per heavy atom. The lowest BCUT2D eigenvalue weighted by atomic mass is 9.82. The molecular formula is C28H24O17. The van der Waals surface area contributed by atoms with E-state index in [4.69, 9.17) is 23.7 Å². The van der Waals surface area contributed by atoms with Gasteiger partial charge in [-0.1, -0.05) is 6.07 Å². The smallest absolute Gasteiger partial charge is 0.338 e. The Labute approximate surface area is 251 Å². The Kier molecular flexibility index (Phi) is 8.24. The van der Waals surface area contributed by atoms with Crippen LogP contribution in [0.3, 0.4) is 0 Å². The number of aliphatic hydroxyl groups excluding tert-OH is 2. The van der Waals surface area contributed by atoms with Crippen LogP contribution in [0.15, 0.2) is 30.3 Å². The minimum Gasteiger partial charge on any atom is -0.504 e. The number of aliphatic carboxylic acids is 1. The Morgan fingerprint density at radius 1 is 0.956 bits per heavy atom. The number of aromatic hydroxyl groups is 4. The summed E-state index contributed by atoms with van der Waals surface area (Å²) in [5, 5.41) is 70.4. The number of carbonyl (C=O) groups is 5. The first-order valence-corrected chi connectivity index (χ1v) is 13.1. The molecule has 0 amide bonds.